The minimum absolute atomic E-state index is 0.101. The molecular weight excluding hydrogens is 304 g/mol. The molecule has 0 aliphatic heterocycles. The molecule has 0 aromatic rings. The van der Waals surface area contributed by atoms with Crippen LogP contribution in [0.15, 0.2) is 0 Å². The lowest BCUT2D eigenvalue weighted by Gasteiger charge is -2.31. The van der Waals surface area contributed by atoms with Gasteiger partial charge in [-0.25, -0.2) is 0 Å². The summed E-state index contributed by atoms with van der Waals surface area (Å²) < 4.78 is 5.84. The van der Waals surface area contributed by atoms with Crippen LogP contribution in [0.2, 0.25) is 0 Å². The highest BCUT2D eigenvalue weighted by atomic mass is 16.5. The molecule has 140 valence electrons. The predicted molar refractivity (Wildman–Crippen MR) is 95.7 cm³/mol. The maximum Gasteiger partial charge on any atom is 0.310 e. The maximum atomic E-state index is 12.6. The molecule has 4 heteroatoms. The Morgan fingerprint density at radius 2 is 1.75 bits per heavy atom. The van der Waals surface area contributed by atoms with Gasteiger partial charge in [0.05, 0.1) is 11.8 Å². The fourth-order valence-corrected chi connectivity index (χ4v) is 3.71. The van der Waals surface area contributed by atoms with E-state index in [1.54, 1.807) is 0 Å². The molecule has 0 saturated heterocycles. The SMILES string of the molecule is CCCCC(CC)CC(OC(=O)C1CCCCC1C(=O)O)C(C)C. The van der Waals surface area contributed by atoms with E-state index in [0.717, 1.165) is 25.7 Å². The van der Waals surface area contributed by atoms with E-state index in [9.17, 15) is 14.7 Å². The second kappa shape index (κ2) is 10.7. The first-order chi connectivity index (χ1) is 11.4. The summed E-state index contributed by atoms with van der Waals surface area (Å²) >= 11 is 0. The molecule has 1 rings (SSSR count). The molecule has 0 radical (unpaired) electrons. The van der Waals surface area contributed by atoms with Gasteiger partial charge in [-0.05, 0) is 31.1 Å². The lowest BCUT2D eigenvalue weighted by atomic mass is 9.79. The lowest BCUT2D eigenvalue weighted by Crippen LogP contribution is -2.37. The fourth-order valence-electron chi connectivity index (χ4n) is 3.71. The molecule has 1 fully saturated rings. The van der Waals surface area contributed by atoms with E-state index in [4.69, 9.17) is 4.74 Å². The molecular formula is C20H36O4. The second-order valence-electron chi connectivity index (χ2n) is 7.71. The van der Waals surface area contributed by atoms with Crippen LogP contribution in [0, 0.1) is 23.7 Å². The van der Waals surface area contributed by atoms with Gasteiger partial charge in [-0.2, -0.15) is 0 Å². The molecule has 1 saturated carbocycles. The van der Waals surface area contributed by atoms with Gasteiger partial charge in [0.1, 0.15) is 6.10 Å². The molecule has 1 N–H and O–H groups in total. The van der Waals surface area contributed by atoms with E-state index in [1.165, 1.54) is 19.3 Å². The van der Waals surface area contributed by atoms with E-state index in [1.807, 2.05) is 0 Å². The van der Waals surface area contributed by atoms with Crippen LogP contribution >= 0.6 is 0 Å². The van der Waals surface area contributed by atoms with Crippen LogP contribution in [-0.2, 0) is 14.3 Å². The monoisotopic (exact) mass is 340 g/mol. The van der Waals surface area contributed by atoms with Gasteiger partial charge in [-0.3, -0.25) is 9.59 Å². The number of ether oxygens (including phenoxy) is 1. The molecule has 24 heavy (non-hydrogen) atoms. The zero-order chi connectivity index (χ0) is 18.1. The number of esters is 1. The number of hydrogen-bond donors (Lipinski definition) is 1. The minimum atomic E-state index is -0.855. The molecule has 1 aliphatic rings. The maximum absolute atomic E-state index is 12.6. The number of unbranched alkanes of at least 4 members (excludes halogenated alkanes) is 1. The second-order valence-corrected chi connectivity index (χ2v) is 7.71. The average molecular weight is 341 g/mol. The largest absolute Gasteiger partial charge is 0.481 e. The van der Waals surface area contributed by atoms with Gasteiger partial charge in [0.25, 0.3) is 0 Å². The van der Waals surface area contributed by atoms with Gasteiger partial charge in [-0.15, -0.1) is 0 Å². The summed E-state index contributed by atoms with van der Waals surface area (Å²) in [4.78, 5) is 24.0. The van der Waals surface area contributed by atoms with Crippen molar-refractivity contribution in [2.45, 2.75) is 91.6 Å². The highest BCUT2D eigenvalue weighted by Crippen LogP contribution is 2.33. The Balaban J connectivity index is 2.68. The molecule has 1 aliphatic carbocycles. The van der Waals surface area contributed by atoms with Crippen molar-refractivity contribution < 1.29 is 19.4 Å². The van der Waals surface area contributed by atoms with Crippen molar-refractivity contribution in [3.05, 3.63) is 0 Å². The van der Waals surface area contributed by atoms with E-state index in [0.29, 0.717) is 18.8 Å². The third-order valence-corrected chi connectivity index (χ3v) is 5.51. The molecule has 4 unspecified atom stereocenters. The summed E-state index contributed by atoms with van der Waals surface area (Å²) in [7, 11) is 0. The number of aliphatic carboxylic acids is 1. The number of rotatable bonds is 10. The van der Waals surface area contributed by atoms with Crippen LogP contribution in [0.4, 0.5) is 0 Å². The van der Waals surface area contributed by atoms with E-state index < -0.39 is 17.8 Å². The summed E-state index contributed by atoms with van der Waals surface area (Å²) in [5.74, 6) is -1.34. The minimum Gasteiger partial charge on any atom is -0.481 e. The Morgan fingerprint density at radius 1 is 1.12 bits per heavy atom. The van der Waals surface area contributed by atoms with Crippen molar-refractivity contribution in [2.75, 3.05) is 0 Å². The standard InChI is InChI=1S/C20H36O4/c1-5-7-10-15(6-2)13-18(14(3)4)24-20(23)17-12-9-8-11-16(17)19(21)22/h14-18H,5-13H2,1-4H3,(H,21,22). The van der Waals surface area contributed by atoms with Crippen molar-refractivity contribution in [3.63, 3.8) is 0 Å². The van der Waals surface area contributed by atoms with Crippen LogP contribution in [0.1, 0.15) is 85.5 Å². The number of hydrogen-bond acceptors (Lipinski definition) is 3. The fraction of sp³-hybridized carbons (Fsp3) is 0.900. The quantitative estimate of drug-likeness (QED) is 0.565. The molecule has 4 nitrogen and oxygen atoms in total. The molecule has 0 heterocycles. The highest BCUT2D eigenvalue weighted by molar-refractivity contribution is 5.81. The molecule has 4 atom stereocenters. The van der Waals surface area contributed by atoms with Crippen LogP contribution in [-0.4, -0.2) is 23.1 Å². The van der Waals surface area contributed by atoms with Gasteiger partial charge in [-0.1, -0.05) is 66.2 Å². The zero-order valence-corrected chi connectivity index (χ0v) is 15.9. The van der Waals surface area contributed by atoms with E-state index in [-0.39, 0.29) is 18.0 Å². The van der Waals surface area contributed by atoms with Crippen molar-refractivity contribution in [2.24, 2.45) is 23.7 Å². The molecule has 0 amide bonds. The predicted octanol–water partition coefficient (Wildman–Crippen LogP) is 5.05. The number of carboxylic acid groups (broad SMARTS) is 1. The Labute approximate surface area is 147 Å². The summed E-state index contributed by atoms with van der Waals surface area (Å²) in [6.45, 7) is 8.56. The smallest absolute Gasteiger partial charge is 0.310 e. The molecule has 0 spiro atoms. The van der Waals surface area contributed by atoms with Crippen LogP contribution in [0.25, 0.3) is 0 Å². The third-order valence-electron chi connectivity index (χ3n) is 5.51. The van der Waals surface area contributed by atoms with Crippen LogP contribution < -0.4 is 0 Å². The first kappa shape index (κ1) is 21.0. The molecule has 0 aromatic heterocycles. The molecule has 0 bridgehead atoms. The van der Waals surface area contributed by atoms with Crippen molar-refractivity contribution in [3.8, 4) is 0 Å². The first-order valence-corrected chi connectivity index (χ1v) is 9.83. The Hall–Kier alpha value is -1.06. The summed E-state index contributed by atoms with van der Waals surface area (Å²) in [6, 6.07) is 0. The van der Waals surface area contributed by atoms with Gasteiger partial charge in [0.15, 0.2) is 0 Å². The number of carbonyl (C=O) groups excluding carboxylic acids is 1. The number of carbonyl (C=O) groups is 2. The van der Waals surface area contributed by atoms with Gasteiger partial charge in [0.2, 0.25) is 0 Å². The highest BCUT2D eigenvalue weighted by Gasteiger charge is 2.38. The van der Waals surface area contributed by atoms with Gasteiger partial charge in [0, 0.05) is 0 Å². The average Bonchev–Trinajstić information content (AvgIpc) is 2.57. The zero-order valence-electron chi connectivity index (χ0n) is 15.9. The van der Waals surface area contributed by atoms with Crippen molar-refractivity contribution >= 4 is 11.9 Å². The Kier molecular flexibility index (Phi) is 9.38. The third kappa shape index (κ3) is 6.45. The first-order valence-electron chi connectivity index (χ1n) is 9.83. The molecule has 0 aromatic carbocycles. The van der Waals surface area contributed by atoms with E-state index in [2.05, 4.69) is 27.7 Å². The summed E-state index contributed by atoms with van der Waals surface area (Å²) in [5, 5.41) is 9.37. The van der Waals surface area contributed by atoms with Gasteiger partial charge < -0.3 is 9.84 Å². The van der Waals surface area contributed by atoms with Gasteiger partial charge >= 0.3 is 11.9 Å². The van der Waals surface area contributed by atoms with Crippen LogP contribution in [0.5, 0.6) is 0 Å². The van der Waals surface area contributed by atoms with Crippen LogP contribution in [0.3, 0.4) is 0 Å². The number of carboxylic acids is 1. The van der Waals surface area contributed by atoms with Crippen molar-refractivity contribution in [1.82, 2.24) is 0 Å². The van der Waals surface area contributed by atoms with Crippen molar-refractivity contribution in [1.29, 1.82) is 0 Å². The lowest BCUT2D eigenvalue weighted by molar-refractivity contribution is -0.166. The summed E-state index contributed by atoms with van der Waals surface area (Å²) in [6.07, 6.45) is 8.51. The summed E-state index contributed by atoms with van der Waals surface area (Å²) in [5.41, 5.74) is 0. The van der Waals surface area contributed by atoms with E-state index >= 15 is 0 Å². The Morgan fingerprint density at radius 3 is 2.25 bits per heavy atom. The topological polar surface area (TPSA) is 63.6 Å². The Bertz CT molecular complexity index is 391. The normalized spacial score (nSPS) is 23.7.